The van der Waals surface area contributed by atoms with Gasteiger partial charge < -0.3 is 20.7 Å². The molecule has 5 N–H and O–H groups in total. The minimum atomic E-state index is -4.26. The van der Waals surface area contributed by atoms with E-state index in [2.05, 4.69) is 21.7 Å². The summed E-state index contributed by atoms with van der Waals surface area (Å²) in [6, 6.07) is -0.269. The Hall–Kier alpha value is -1.63. The number of likely N-dealkylation sites (N-methyl/N-ethyl adjacent to an activating group) is 1. The Morgan fingerprint density at radius 3 is 2.71 bits per heavy atom. The van der Waals surface area contributed by atoms with Gasteiger partial charge in [-0.3, -0.25) is 9.89 Å². The predicted molar refractivity (Wildman–Crippen MR) is 121 cm³/mol. The van der Waals surface area contributed by atoms with Crippen molar-refractivity contribution in [3.63, 3.8) is 0 Å². The van der Waals surface area contributed by atoms with E-state index in [0.29, 0.717) is 18.2 Å². The fourth-order valence-electron chi connectivity index (χ4n) is 5.75. The normalized spacial score (nSPS) is 37.0. The number of H-pyrrole nitrogens is 1. The molecule has 2 unspecified atom stereocenters. The molecule has 1 aliphatic heterocycles. The average molecular weight is 503 g/mol. The van der Waals surface area contributed by atoms with Crippen molar-refractivity contribution in [2.45, 2.75) is 79.8 Å². The highest BCUT2D eigenvalue weighted by Crippen LogP contribution is 2.61. The fourth-order valence-corrected chi connectivity index (χ4v) is 6.61. The number of aliphatic hydroxyl groups is 2. The molecule has 5 rings (SSSR count). The van der Waals surface area contributed by atoms with Crippen LogP contribution in [0.15, 0.2) is 10.1 Å². The van der Waals surface area contributed by atoms with Gasteiger partial charge in [-0.05, 0) is 30.9 Å². The van der Waals surface area contributed by atoms with Crippen LogP contribution in [0.25, 0.3) is 0 Å². The summed E-state index contributed by atoms with van der Waals surface area (Å²) in [5.74, 6) is 1.86. The number of thioether (sulfide) groups is 1. The van der Waals surface area contributed by atoms with Gasteiger partial charge in [-0.2, -0.15) is 13.2 Å². The van der Waals surface area contributed by atoms with Crippen LogP contribution >= 0.6 is 11.8 Å². The van der Waals surface area contributed by atoms with Gasteiger partial charge in [0.2, 0.25) is 5.82 Å². The van der Waals surface area contributed by atoms with Crippen LogP contribution in [-0.4, -0.2) is 70.8 Å². The largest absolute Gasteiger partial charge is 0.389 e. The molecule has 7 atom stereocenters. The third-order valence-corrected chi connectivity index (χ3v) is 8.89. The molecule has 34 heavy (non-hydrogen) atoms. The summed E-state index contributed by atoms with van der Waals surface area (Å²) >= 11 is 0.916. The zero-order valence-corrected chi connectivity index (χ0v) is 19.8. The highest BCUT2D eigenvalue weighted by molar-refractivity contribution is 7.99. The van der Waals surface area contributed by atoms with Crippen LogP contribution in [-0.2, 0) is 4.74 Å². The van der Waals surface area contributed by atoms with Crippen molar-refractivity contribution in [3.8, 4) is 0 Å². The molecule has 0 aromatic carbocycles. The molecule has 0 radical (unpaired) electrons. The van der Waals surface area contributed by atoms with Crippen molar-refractivity contribution in [1.29, 1.82) is 0 Å². The second kappa shape index (κ2) is 8.49. The van der Waals surface area contributed by atoms with E-state index in [4.69, 9.17) is 10.5 Å². The lowest BCUT2D eigenvalue weighted by atomic mass is 9.80. The zero-order chi connectivity index (χ0) is 24.4. The molecule has 1 aromatic rings. The molecule has 188 valence electrons. The second-order valence-electron chi connectivity index (χ2n) is 10.1. The third-order valence-electron chi connectivity index (χ3n) is 8.02. The summed E-state index contributed by atoms with van der Waals surface area (Å²) in [4.78, 5) is 12.9. The lowest BCUT2D eigenvalue weighted by Crippen LogP contribution is -2.41. The molecule has 2 heterocycles. The minimum Gasteiger partial charge on any atom is -0.388 e. The third kappa shape index (κ3) is 4.16. The minimum absolute atomic E-state index is 0.0481. The van der Waals surface area contributed by atoms with E-state index in [1.807, 2.05) is 4.90 Å². The van der Waals surface area contributed by atoms with Gasteiger partial charge in [-0.15, -0.1) is 0 Å². The standard InChI is InChI=1S/C22H30F3N5O3S/c1-27-14-18(26)28-20(34-7-6-22(23,24)25)29-19(14)30(2)13-9-21(13)17(32)15(31)16(33-21)12-8-11(12)10-4-3-5-10/h10-13,15-17,31-32H,1,3-9H2,2H3,(H2,26,28,29)/p+1/t11-,12?,13?,15+,16+,17+,21+/m0/s1. The summed E-state index contributed by atoms with van der Waals surface area (Å²) in [6.45, 7) is 3.54. The first kappa shape index (κ1) is 24.1. The maximum atomic E-state index is 12.5. The van der Waals surface area contributed by atoms with Gasteiger partial charge in [0.15, 0.2) is 5.69 Å². The Morgan fingerprint density at radius 1 is 1.35 bits per heavy atom. The second-order valence-corrected chi connectivity index (χ2v) is 11.1. The van der Waals surface area contributed by atoms with Gasteiger partial charge in [0.05, 0.1) is 19.6 Å². The summed E-state index contributed by atoms with van der Waals surface area (Å²) < 4.78 is 44.0. The SMILES string of the molecule is C=Nc1c(N)nc(SCCC(F)(F)F)[nH+]c1N(C)C1C[C@@]12O[C@H](C1C[C@H]1C1CCC1)[C@@H](O)[C@H]2O. The van der Waals surface area contributed by atoms with Crippen LogP contribution in [0, 0.1) is 17.8 Å². The Kier molecular flexibility index (Phi) is 6.01. The number of rotatable bonds is 8. The lowest BCUT2D eigenvalue weighted by Gasteiger charge is -2.27. The van der Waals surface area contributed by atoms with E-state index in [1.54, 1.807) is 7.05 Å². The highest BCUT2D eigenvalue weighted by Gasteiger charge is 2.74. The average Bonchev–Trinajstić information content (AvgIpc) is 3.62. The van der Waals surface area contributed by atoms with Crippen molar-refractivity contribution >= 4 is 35.8 Å². The number of nitrogens with two attached hydrogens (primary N) is 1. The predicted octanol–water partition coefficient (Wildman–Crippen LogP) is 2.36. The van der Waals surface area contributed by atoms with E-state index >= 15 is 0 Å². The molecule has 0 bridgehead atoms. The number of ether oxygens (including phenoxy) is 1. The van der Waals surface area contributed by atoms with Crippen molar-refractivity contribution in [2.24, 2.45) is 22.7 Å². The van der Waals surface area contributed by atoms with Crippen molar-refractivity contribution in [1.82, 2.24) is 4.98 Å². The van der Waals surface area contributed by atoms with E-state index < -0.39 is 30.4 Å². The smallest absolute Gasteiger partial charge is 0.388 e. The van der Waals surface area contributed by atoms with Crippen LogP contribution in [0.5, 0.6) is 0 Å². The zero-order valence-electron chi connectivity index (χ0n) is 19.0. The number of alkyl halides is 3. The first-order chi connectivity index (χ1) is 16.1. The number of nitrogens with zero attached hydrogens (tertiary/aromatic N) is 3. The molecule has 4 fully saturated rings. The van der Waals surface area contributed by atoms with Gasteiger partial charge in [0, 0.05) is 12.2 Å². The number of aromatic amines is 1. The van der Waals surface area contributed by atoms with Crippen LogP contribution < -0.4 is 15.6 Å². The molecule has 1 spiro atoms. The molecule has 3 saturated carbocycles. The van der Waals surface area contributed by atoms with Crippen LogP contribution in [0.1, 0.15) is 38.5 Å². The number of aliphatic hydroxyl groups excluding tert-OH is 2. The van der Waals surface area contributed by atoms with Gasteiger partial charge in [-0.1, -0.05) is 36.0 Å². The molecule has 1 saturated heterocycles. The first-order valence-corrected chi connectivity index (χ1v) is 12.7. The number of halogens is 3. The van der Waals surface area contributed by atoms with Gasteiger partial charge >= 0.3 is 6.18 Å². The highest BCUT2D eigenvalue weighted by atomic mass is 32.2. The monoisotopic (exact) mass is 502 g/mol. The number of aromatic nitrogens is 2. The molecule has 8 nitrogen and oxygen atoms in total. The number of hydrogen-bond donors (Lipinski definition) is 3. The van der Waals surface area contributed by atoms with Crippen molar-refractivity contribution < 1.29 is 33.1 Å². The fraction of sp³-hybridized carbons (Fsp3) is 0.773. The number of nitrogens with one attached hydrogen (secondary N) is 1. The van der Waals surface area contributed by atoms with Gasteiger partial charge in [0.1, 0.15) is 23.9 Å². The van der Waals surface area contributed by atoms with Gasteiger partial charge in [0.25, 0.3) is 11.0 Å². The first-order valence-electron chi connectivity index (χ1n) is 11.7. The number of hydrogen-bond acceptors (Lipinski definition) is 8. The lowest BCUT2D eigenvalue weighted by molar-refractivity contribution is -0.419. The molecule has 12 heteroatoms. The summed E-state index contributed by atoms with van der Waals surface area (Å²) in [6.07, 6.45) is -2.26. The van der Waals surface area contributed by atoms with E-state index in [0.717, 1.165) is 24.1 Å². The van der Waals surface area contributed by atoms with E-state index in [-0.39, 0.29) is 40.5 Å². The summed E-state index contributed by atoms with van der Waals surface area (Å²) in [7, 11) is 1.77. The summed E-state index contributed by atoms with van der Waals surface area (Å²) in [5, 5.41) is 22.0. The van der Waals surface area contributed by atoms with Crippen LogP contribution in [0.2, 0.25) is 0 Å². The van der Waals surface area contributed by atoms with Crippen molar-refractivity contribution in [3.05, 3.63) is 0 Å². The Bertz CT molecular complexity index is 964. The number of anilines is 2. The molecule has 4 aliphatic rings. The summed E-state index contributed by atoms with van der Waals surface area (Å²) in [5.41, 5.74) is 5.40. The maximum Gasteiger partial charge on any atom is 0.389 e. The molecule has 0 amide bonds. The topological polar surface area (TPSA) is 118 Å². The molecule has 1 aromatic heterocycles. The van der Waals surface area contributed by atoms with E-state index in [9.17, 15) is 23.4 Å². The molecular weight excluding hydrogens is 471 g/mol. The quantitative estimate of drug-likeness (QED) is 0.284. The van der Waals surface area contributed by atoms with E-state index in [1.165, 1.54) is 19.3 Å². The number of aliphatic imine (C=N–C) groups is 1. The number of nitrogen functional groups attached to an aromatic ring is 1. The molecular formula is C22H31F3N5O3S+. The molecule has 3 aliphatic carbocycles. The Morgan fingerprint density at radius 2 is 2.09 bits per heavy atom. The van der Waals surface area contributed by atoms with Crippen molar-refractivity contribution in [2.75, 3.05) is 23.4 Å². The maximum absolute atomic E-state index is 12.5. The van der Waals surface area contributed by atoms with Crippen LogP contribution in [0.3, 0.4) is 0 Å². The Labute approximate surface area is 200 Å². The van der Waals surface area contributed by atoms with Gasteiger partial charge in [-0.25, -0.2) is 4.98 Å². The Balaban J connectivity index is 1.31. The van der Waals surface area contributed by atoms with Crippen LogP contribution in [0.4, 0.5) is 30.5 Å².